The number of carbonyl (C=O) groups is 2. The van der Waals surface area contributed by atoms with E-state index in [1.165, 1.54) is 43.5 Å². The zero-order valence-electron chi connectivity index (χ0n) is 15.4. The minimum Gasteiger partial charge on any atom is -0.494 e. The van der Waals surface area contributed by atoms with Crippen molar-refractivity contribution in [3.05, 3.63) is 59.4 Å². The maximum atomic E-state index is 13.7. The monoisotopic (exact) mass is 409 g/mol. The number of sulfonamides is 1. The first-order chi connectivity index (χ1) is 13.3. The number of benzene rings is 2. The molecule has 0 fully saturated rings. The number of methoxy groups -OCH3 is 1. The highest BCUT2D eigenvalue weighted by Crippen LogP contribution is 2.18. The van der Waals surface area contributed by atoms with Crippen molar-refractivity contribution in [2.24, 2.45) is 0 Å². The Morgan fingerprint density at radius 3 is 2.50 bits per heavy atom. The predicted molar refractivity (Wildman–Crippen MR) is 102 cm³/mol. The summed E-state index contributed by atoms with van der Waals surface area (Å²) in [5.41, 5.74) is 0.323. The molecule has 0 atom stereocenters. The summed E-state index contributed by atoms with van der Waals surface area (Å²) in [6.45, 7) is 1.15. The summed E-state index contributed by atoms with van der Waals surface area (Å²) >= 11 is 0. The van der Waals surface area contributed by atoms with Crippen LogP contribution in [-0.2, 0) is 14.8 Å². The fourth-order valence-corrected chi connectivity index (χ4v) is 3.47. The molecule has 0 heterocycles. The molecule has 0 bridgehead atoms. The Labute approximate surface area is 162 Å². The second-order valence-corrected chi connectivity index (χ2v) is 7.69. The summed E-state index contributed by atoms with van der Waals surface area (Å²) in [6, 6.07) is 9.39. The highest BCUT2D eigenvalue weighted by Gasteiger charge is 2.15. The van der Waals surface area contributed by atoms with Crippen molar-refractivity contribution >= 4 is 27.5 Å². The van der Waals surface area contributed by atoms with E-state index in [1.807, 2.05) is 0 Å². The van der Waals surface area contributed by atoms with E-state index in [1.54, 1.807) is 6.92 Å². The number of ether oxygens (including phenoxy) is 2. The van der Waals surface area contributed by atoms with Gasteiger partial charge in [-0.05, 0) is 42.8 Å². The van der Waals surface area contributed by atoms with Gasteiger partial charge in [-0.3, -0.25) is 9.52 Å². The lowest BCUT2D eigenvalue weighted by atomic mass is 10.1. The van der Waals surface area contributed by atoms with Crippen molar-refractivity contribution < 1.29 is 31.9 Å². The average molecular weight is 409 g/mol. The Hall–Kier alpha value is -2.94. The van der Waals surface area contributed by atoms with Crippen LogP contribution in [0.15, 0.2) is 42.5 Å². The molecule has 0 aliphatic rings. The number of Topliss-reactive ketones (excluding diaryl/α,β-unsaturated/α-hetero) is 1. The zero-order valence-corrected chi connectivity index (χ0v) is 16.2. The van der Waals surface area contributed by atoms with Crippen LogP contribution in [0.1, 0.15) is 34.1 Å². The van der Waals surface area contributed by atoms with Gasteiger partial charge in [0.1, 0.15) is 0 Å². The summed E-state index contributed by atoms with van der Waals surface area (Å²) < 4.78 is 49.4. The molecule has 150 valence electrons. The minimum absolute atomic E-state index is 0.00381. The Bertz CT molecular complexity index is 974. The molecule has 0 aliphatic carbocycles. The number of esters is 1. The van der Waals surface area contributed by atoms with Crippen LogP contribution in [0.4, 0.5) is 10.1 Å². The maximum Gasteiger partial charge on any atom is 0.338 e. The Kier molecular flexibility index (Phi) is 7.11. The van der Waals surface area contributed by atoms with Gasteiger partial charge in [-0.25, -0.2) is 17.6 Å². The van der Waals surface area contributed by atoms with Crippen molar-refractivity contribution in [3.63, 3.8) is 0 Å². The molecule has 2 aromatic carbocycles. The van der Waals surface area contributed by atoms with Crippen LogP contribution >= 0.6 is 0 Å². The highest BCUT2D eigenvalue weighted by atomic mass is 32.2. The fourth-order valence-electron chi connectivity index (χ4n) is 2.35. The van der Waals surface area contributed by atoms with Crippen molar-refractivity contribution in [2.45, 2.75) is 13.3 Å². The van der Waals surface area contributed by atoms with E-state index in [9.17, 15) is 22.4 Å². The van der Waals surface area contributed by atoms with E-state index >= 15 is 0 Å². The number of nitrogens with one attached hydrogen (secondary N) is 1. The van der Waals surface area contributed by atoms with Crippen LogP contribution < -0.4 is 9.46 Å². The van der Waals surface area contributed by atoms with Gasteiger partial charge >= 0.3 is 5.97 Å². The van der Waals surface area contributed by atoms with Gasteiger partial charge in [0, 0.05) is 11.3 Å². The molecule has 0 saturated heterocycles. The molecule has 0 radical (unpaired) electrons. The molecule has 9 heteroatoms. The number of ketones is 1. The molecule has 0 aromatic heterocycles. The summed E-state index contributed by atoms with van der Waals surface area (Å²) in [4.78, 5) is 24.2. The first kappa shape index (κ1) is 21.4. The van der Waals surface area contributed by atoms with Crippen LogP contribution in [-0.4, -0.2) is 39.6 Å². The Morgan fingerprint density at radius 2 is 1.86 bits per heavy atom. The van der Waals surface area contributed by atoms with Crippen molar-refractivity contribution in [2.75, 3.05) is 24.2 Å². The second kappa shape index (κ2) is 9.32. The predicted octanol–water partition coefficient (Wildman–Crippen LogP) is 3.03. The zero-order chi connectivity index (χ0) is 20.7. The van der Waals surface area contributed by atoms with Gasteiger partial charge in [0.05, 0.1) is 18.4 Å². The number of carbonyl (C=O) groups excluding carboxylic acids is 2. The number of halogens is 1. The third kappa shape index (κ3) is 5.78. The van der Waals surface area contributed by atoms with Gasteiger partial charge in [0.15, 0.2) is 24.0 Å². The smallest absolute Gasteiger partial charge is 0.338 e. The van der Waals surface area contributed by atoms with Gasteiger partial charge in [-0.2, -0.15) is 0 Å². The van der Waals surface area contributed by atoms with Crippen molar-refractivity contribution in [3.8, 4) is 5.75 Å². The lowest BCUT2D eigenvalue weighted by molar-refractivity contribution is 0.0474. The molecule has 2 aromatic rings. The normalized spacial score (nSPS) is 11.0. The van der Waals surface area contributed by atoms with Crippen LogP contribution in [0, 0.1) is 5.82 Å². The fraction of sp³-hybridized carbons (Fsp3) is 0.263. The molecule has 0 amide bonds. The van der Waals surface area contributed by atoms with E-state index in [4.69, 9.17) is 9.47 Å². The molecular weight excluding hydrogens is 389 g/mol. The van der Waals surface area contributed by atoms with E-state index in [2.05, 4.69) is 4.72 Å². The number of hydrogen-bond acceptors (Lipinski definition) is 6. The summed E-state index contributed by atoms with van der Waals surface area (Å²) in [5, 5.41) is 0. The van der Waals surface area contributed by atoms with E-state index in [-0.39, 0.29) is 28.3 Å². The number of anilines is 1. The minimum atomic E-state index is -3.50. The third-order valence-electron chi connectivity index (χ3n) is 3.65. The topological polar surface area (TPSA) is 98.8 Å². The molecule has 28 heavy (non-hydrogen) atoms. The number of rotatable bonds is 9. The summed E-state index contributed by atoms with van der Waals surface area (Å²) in [6.07, 6.45) is 0.450. The van der Waals surface area contributed by atoms with Crippen LogP contribution in [0.2, 0.25) is 0 Å². The van der Waals surface area contributed by atoms with Gasteiger partial charge in [0.2, 0.25) is 10.0 Å². The molecule has 7 nitrogen and oxygen atoms in total. The Morgan fingerprint density at radius 1 is 1.11 bits per heavy atom. The SMILES string of the molecule is CCCS(=O)(=O)Nc1cccc(C(=O)OCC(=O)c2ccc(OC)c(F)c2)c1. The quantitative estimate of drug-likeness (QED) is 0.505. The van der Waals surface area contributed by atoms with E-state index in [0.29, 0.717) is 6.42 Å². The van der Waals surface area contributed by atoms with Gasteiger partial charge < -0.3 is 9.47 Å². The molecule has 1 N–H and O–H groups in total. The van der Waals surface area contributed by atoms with E-state index in [0.717, 1.165) is 6.07 Å². The van der Waals surface area contributed by atoms with Gasteiger partial charge in [0.25, 0.3) is 0 Å². The van der Waals surface area contributed by atoms with Crippen LogP contribution in [0.3, 0.4) is 0 Å². The maximum absolute atomic E-state index is 13.7. The molecule has 0 aliphatic heterocycles. The van der Waals surface area contributed by atoms with Gasteiger partial charge in [-0.1, -0.05) is 13.0 Å². The molecule has 2 rings (SSSR count). The first-order valence-corrected chi connectivity index (χ1v) is 10.1. The second-order valence-electron chi connectivity index (χ2n) is 5.85. The van der Waals surface area contributed by atoms with Crippen molar-refractivity contribution in [1.29, 1.82) is 0 Å². The van der Waals surface area contributed by atoms with Gasteiger partial charge in [-0.15, -0.1) is 0 Å². The first-order valence-electron chi connectivity index (χ1n) is 8.40. The van der Waals surface area contributed by atoms with E-state index < -0.39 is 34.2 Å². The molecule has 0 unspecified atom stereocenters. The lowest BCUT2D eigenvalue weighted by Crippen LogP contribution is -2.17. The van der Waals surface area contributed by atoms with Crippen molar-refractivity contribution in [1.82, 2.24) is 0 Å². The molecular formula is C19H20FNO6S. The number of hydrogen-bond donors (Lipinski definition) is 1. The van der Waals surface area contributed by atoms with Crippen LogP contribution in [0.25, 0.3) is 0 Å². The third-order valence-corrected chi connectivity index (χ3v) is 5.15. The average Bonchev–Trinajstić information content (AvgIpc) is 2.65. The molecule has 0 saturated carbocycles. The Balaban J connectivity index is 2.02. The largest absolute Gasteiger partial charge is 0.494 e. The summed E-state index contributed by atoms with van der Waals surface area (Å²) in [7, 11) is -2.20. The van der Waals surface area contributed by atoms with Crippen LogP contribution in [0.5, 0.6) is 5.75 Å². The standard InChI is InChI=1S/C19H20FNO6S/c1-3-9-28(24,25)21-15-6-4-5-14(10-15)19(23)27-12-17(22)13-7-8-18(26-2)16(20)11-13/h4-8,10-11,21H,3,9,12H2,1-2H3. The highest BCUT2D eigenvalue weighted by molar-refractivity contribution is 7.92. The lowest BCUT2D eigenvalue weighted by Gasteiger charge is -2.09. The molecule has 0 spiro atoms. The summed E-state index contributed by atoms with van der Waals surface area (Å²) in [5.74, 6) is -2.15.